The van der Waals surface area contributed by atoms with Gasteiger partial charge >= 0.3 is 0 Å². The molecule has 0 aliphatic carbocycles. The smallest absolute Gasteiger partial charge is 0.227 e. The topological polar surface area (TPSA) is 63.0 Å². The number of anilines is 1. The molecule has 0 saturated carbocycles. The number of nitrogens with zero attached hydrogens (tertiary/aromatic N) is 5. The van der Waals surface area contributed by atoms with Crippen LogP contribution in [0.4, 0.5) is 5.13 Å². The molecule has 0 N–H and O–H groups in total. The first-order chi connectivity index (χ1) is 15.2. The Hall–Kier alpha value is -2.61. The van der Waals surface area contributed by atoms with Gasteiger partial charge in [0.1, 0.15) is 5.75 Å². The summed E-state index contributed by atoms with van der Waals surface area (Å²) in [6.45, 7) is 3.56. The zero-order chi connectivity index (χ0) is 21.2. The maximum absolute atomic E-state index is 13.1. The molecule has 0 radical (unpaired) electrons. The van der Waals surface area contributed by atoms with Gasteiger partial charge in [0, 0.05) is 31.7 Å². The lowest BCUT2D eigenvalue weighted by Gasteiger charge is -2.34. The number of fused-ring (bicyclic) bond motifs is 1. The summed E-state index contributed by atoms with van der Waals surface area (Å²) in [7, 11) is 1.67. The van der Waals surface area contributed by atoms with E-state index in [2.05, 4.69) is 9.80 Å². The summed E-state index contributed by atoms with van der Waals surface area (Å²) < 4.78 is 7.09. The third kappa shape index (κ3) is 4.26. The molecule has 2 aliphatic heterocycles. The summed E-state index contributed by atoms with van der Waals surface area (Å²) in [5, 5.41) is 5.74. The molecule has 164 valence electrons. The molecule has 0 spiro atoms. The van der Waals surface area contributed by atoms with Crippen LogP contribution in [0, 0.1) is 5.92 Å². The van der Waals surface area contributed by atoms with E-state index >= 15 is 0 Å². The fourth-order valence-electron chi connectivity index (χ4n) is 4.62. The minimum absolute atomic E-state index is 0.0814. The number of hydrogen-bond donors (Lipinski definition) is 0. The fourth-order valence-corrected chi connectivity index (χ4v) is 5.54. The first-order valence-electron chi connectivity index (χ1n) is 11.3. The van der Waals surface area contributed by atoms with E-state index in [9.17, 15) is 4.79 Å². The molecular formula is C23H29N5O2S. The molecule has 1 aromatic carbocycles. The molecular weight excluding hydrogens is 410 g/mol. The zero-order valence-corrected chi connectivity index (χ0v) is 18.8. The summed E-state index contributed by atoms with van der Waals surface area (Å²) in [6.07, 6.45) is 8.76. The number of ether oxygens (including phenoxy) is 1. The van der Waals surface area contributed by atoms with Crippen molar-refractivity contribution in [1.29, 1.82) is 0 Å². The van der Waals surface area contributed by atoms with Gasteiger partial charge in [0.15, 0.2) is 0 Å². The summed E-state index contributed by atoms with van der Waals surface area (Å²) in [5.74, 6) is 1.26. The standard InChI is InChI=1S/C23H29N5O2S/c1-30-19-10-8-17(9-11-19)20-16-28-22(24-20)31-23(25-28)27-14-6-7-18(15-27)21(29)26-12-4-2-3-5-13-26/h8-11,16,18H,2-7,12-15H2,1H3/t18-/m1/s1. The van der Waals surface area contributed by atoms with Crippen LogP contribution in [0.15, 0.2) is 30.5 Å². The highest BCUT2D eigenvalue weighted by Gasteiger charge is 2.31. The van der Waals surface area contributed by atoms with Crippen molar-refractivity contribution in [3.8, 4) is 17.0 Å². The molecule has 0 unspecified atom stereocenters. The zero-order valence-electron chi connectivity index (χ0n) is 18.0. The van der Waals surface area contributed by atoms with Gasteiger partial charge in [-0.15, -0.1) is 5.10 Å². The molecule has 7 nitrogen and oxygen atoms in total. The van der Waals surface area contributed by atoms with Crippen LogP contribution < -0.4 is 9.64 Å². The van der Waals surface area contributed by atoms with E-state index in [1.165, 1.54) is 12.8 Å². The Balaban J connectivity index is 1.29. The number of aromatic nitrogens is 3. The van der Waals surface area contributed by atoms with Crippen LogP contribution in [-0.4, -0.2) is 58.7 Å². The lowest BCUT2D eigenvalue weighted by molar-refractivity contribution is -0.135. The van der Waals surface area contributed by atoms with E-state index in [1.54, 1.807) is 18.4 Å². The molecule has 8 heteroatoms. The number of amides is 1. The first-order valence-corrected chi connectivity index (χ1v) is 12.1. The second-order valence-electron chi connectivity index (χ2n) is 8.49. The van der Waals surface area contributed by atoms with E-state index in [0.717, 1.165) is 79.0 Å². The lowest BCUT2D eigenvalue weighted by atomic mass is 9.96. The Kier molecular flexibility index (Phi) is 5.80. The minimum atomic E-state index is 0.0814. The third-order valence-corrected chi connectivity index (χ3v) is 7.36. The molecule has 2 saturated heterocycles. The van der Waals surface area contributed by atoms with E-state index in [0.29, 0.717) is 5.91 Å². The second kappa shape index (κ2) is 8.86. The minimum Gasteiger partial charge on any atom is -0.497 e. The van der Waals surface area contributed by atoms with Crippen LogP contribution in [0.25, 0.3) is 16.2 Å². The van der Waals surface area contributed by atoms with Crippen molar-refractivity contribution in [3.05, 3.63) is 30.5 Å². The molecule has 2 aliphatic rings. The Morgan fingerprint density at radius 2 is 1.84 bits per heavy atom. The van der Waals surface area contributed by atoms with Gasteiger partial charge in [0.05, 0.1) is 24.9 Å². The number of carbonyl (C=O) groups is 1. The largest absolute Gasteiger partial charge is 0.497 e. The van der Waals surface area contributed by atoms with Crippen molar-refractivity contribution in [2.24, 2.45) is 5.92 Å². The summed E-state index contributed by atoms with van der Waals surface area (Å²) in [5.41, 5.74) is 1.95. The number of imidazole rings is 1. The monoisotopic (exact) mass is 439 g/mol. The normalized spacial score (nSPS) is 20.1. The number of methoxy groups -OCH3 is 1. The van der Waals surface area contributed by atoms with Crippen LogP contribution in [-0.2, 0) is 4.79 Å². The van der Waals surface area contributed by atoms with Gasteiger partial charge in [-0.05, 0) is 49.9 Å². The number of likely N-dealkylation sites (tertiary alicyclic amines) is 1. The molecule has 4 heterocycles. The average molecular weight is 440 g/mol. The number of benzene rings is 1. The highest BCUT2D eigenvalue weighted by molar-refractivity contribution is 7.20. The Bertz CT molecular complexity index is 1000. The maximum Gasteiger partial charge on any atom is 0.227 e. The Morgan fingerprint density at radius 3 is 2.55 bits per heavy atom. The molecule has 31 heavy (non-hydrogen) atoms. The number of piperidine rings is 1. The molecule has 2 fully saturated rings. The second-order valence-corrected chi connectivity index (χ2v) is 9.43. The van der Waals surface area contributed by atoms with Gasteiger partial charge in [-0.2, -0.15) is 0 Å². The molecule has 0 bridgehead atoms. The van der Waals surface area contributed by atoms with E-state index in [4.69, 9.17) is 14.8 Å². The van der Waals surface area contributed by atoms with Crippen molar-refractivity contribution in [1.82, 2.24) is 19.5 Å². The van der Waals surface area contributed by atoms with E-state index in [-0.39, 0.29) is 5.92 Å². The Morgan fingerprint density at radius 1 is 1.06 bits per heavy atom. The van der Waals surface area contributed by atoms with Gasteiger partial charge in [-0.3, -0.25) is 4.79 Å². The molecule has 2 aromatic heterocycles. The van der Waals surface area contributed by atoms with Gasteiger partial charge in [0.25, 0.3) is 0 Å². The van der Waals surface area contributed by atoms with Crippen LogP contribution in [0.2, 0.25) is 0 Å². The maximum atomic E-state index is 13.1. The summed E-state index contributed by atoms with van der Waals surface area (Å²) in [4.78, 5) is 23.1. The highest BCUT2D eigenvalue weighted by Crippen LogP contribution is 2.31. The summed E-state index contributed by atoms with van der Waals surface area (Å²) in [6, 6.07) is 7.90. The number of carbonyl (C=O) groups excluding carboxylic acids is 1. The van der Waals surface area contributed by atoms with Crippen molar-refractivity contribution < 1.29 is 9.53 Å². The molecule has 3 aromatic rings. The molecule has 1 atom stereocenters. The van der Waals surface area contributed by atoms with Crippen LogP contribution >= 0.6 is 11.3 Å². The van der Waals surface area contributed by atoms with E-state index < -0.39 is 0 Å². The van der Waals surface area contributed by atoms with Gasteiger partial charge in [-0.1, -0.05) is 24.2 Å². The van der Waals surface area contributed by atoms with Crippen molar-refractivity contribution >= 4 is 27.3 Å². The Labute approximate surface area is 186 Å². The van der Waals surface area contributed by atoms with Crippen LogP contribution in [0.3, 0.4) is 0 Å². The quantitative estimate of drug-likeness (QED) is 0.613. The van der Waals surface area contributed by atoms with Gasteiger partial charge in [-0.25, -0.2) is 9.50 Å². The van der Waals surface area contributed by atoms with Gasteiger partial charge in [0.2, 0.25) is 16.0 Å². The number of hydrogen-bond acceptors (Lipinski definition) is 6. The van der Waals surface area contributed by atoms with E-state index in [1.807, 2.05) is 35.0 Å². The van der Waals surface area contributed by atoms with Crippen molar-refractivity contribution in [2.45, 2.75) is 38.5 Å². The molecule has 5 rings (SSSR count). The predicted molar refractivity (Wildman–Crippen MR) is 123 cm³/mol. The SMILES string of the molecule is COc1ccc(-c2cn3nc(N4CCC[C@@H](C(=O)N5CCCCCC5)C4)sc3n2)cc1. The molecule has 1 amide bonds. The third-order valence-electron chi connectivity index (χ3n) is 6.38. The summed E-state index contributed by atoms with van der Waals surface area (Å²) >= 11 is 1.60. The van der Waals surface area contributed by atoms with Crippen LogP contribution in [0.5, 0.6) is 5.75 Å². The lowest BCUT2D eigenvalue weighted by Crippen LogP contribution is -2.45. The fraction of sp³-hybridized carbons (Fsp3) is 0.522. The van der Waals surface area contributed by atoms with Gasteiger partial charge < -0.3 is 14.5 Å². The average Bonchev–Trinajstić information content (AvgIpc) is 3.27. The van der Waals surface area contributed by atoms with Crippen LogP contribution in [0.1, 0.15) is 38.5 Å². The highest BCUT2D eigenvalue weighted by atomic mass is 32.1. The van der Waals surface area contributed by atoms with Crippen molar-refractivity contribution in [2.75, 3.05) is 38.2 Å². The number of rotatable bonds is 4. The first kappa shape index (κ1) is 20.3. The predicted octanol–water partition coefficient (Wildman–Crippen LogP) is 4.09. The van der Waals surface area contributed by atoms with Crippen molar-refractivity contribution in [3.63, 3.8) is 0 Å².